The van der Waals surface area contributed by atoms with Gasteiger partial charge in [0.2, 0.25) is 0 Å². The maximum Gasteiger partial charge on any atom is 0.260 e. The van der Waals surface area contributed by atoms with Crippen molar-refractivity contribution >= 4 is 0 Å². The predicted molar refractivity (Wildman–Crippen MR) is 49.5 cm³/mol. The molecule has 0 spiro atoms. The normalized spacial score (nSPS) is 12.7. The lowest BCUT2D eigenvalue weighted by Crippen LogP contribution is -1.99. The molecule has 0 radical (unpaired) electrons. The number of hydrogen-bond donors (Lipinski definition) is 1. The van der Waals surface area contributed by atoms with Crippen LogP contribution in [0, 0.1) is 6.92 Å². The minimum Gasteiger partial charge on any atom is -0.378 e. The molecule has 0 fully saturated rings. The number of aryl methyl sites for hydroxylation is 1. The first-order valence-corrected chi connectivity index (χ1v) is 4.30. The van der Waals surface area contributed by atoms with Gasteiger partial charge in [0, 0.05) is 0 Å². The molecule has 1 N–H and O–H groups in total. The SMILES string of the molecule is Cc1noc([C@@H](O)c2ccccc2)n1. The first-order valence-electron chi connectivity index (χ1n) is 4.30. The Bertz CT molecular complexity index is 411. The highest BCUT2D eigenvalue weighted by atomic mass is 16.5. The van der Waals surface area contributed by atoms with Gasteiger partial charge in [0.1, 0.15) is 0 Å². The Balaban J connectivity index is 2.29. The zero-order valence-corrected chi connectivity index (χ0v) is 7.71. The van der Waals surface area contributed by atoms with Gasteiger partial charge in [-0.15, -0.1) is 0 Å². The van der Waals surface area contributed by atoms with Crippen LogP contribution in [0.3, 0.4) is 0 Å². The van der Waals surface area contributed by atoms with Crippen molar-refractivity contribution in [2.45, 2.75) is 13.0 Å². The molecule has 1 aromatic heterocycles. The standard InChI is InChI=1S/C10H10N2O2/c1-7-11-10(14-12-7)9(13)8-5-3-2-4-6-8/h2-6,9,13H,1H3/t9-/m0/s1. The zero-order chi connectivity index (χ0) is 9.97. The van der Waals surface area contributed by atoms with Gasteiger partial charge in [0.05, 0.1) is 0 Å². The topological polar surface area (TPSA) is 59.2 Å². The van der Waals surface area contributed by atoms with Crippen molar-refractivity contribution in [1.82, 2.24) is 10.1 Å². The molecule has 2 aromatic rings. The van der Waals surface area contributed by atoms with Crippen LogP contribution in [0.25, 0.3) is 0 Å². The smallest absolute Gasteiger partial charge is 0.260 e. The highest BCUT2D eigenvalue weighted by molar-refractivity contribution is 5.21. The fourth-order valence-electron chi connectivity index (χ4n) is 1.20. The molecule has 0 bridgehead atoms. The van der Waals surface area contributed by atoms with Crippen LogP contribution in [0.2, 0.25) is 0 Å². The minimum absolute atomic E-state index is 0.230. The summed E-state index contributed by atoms with van der Waals surface area (Å²) in [6, 6.07) is 9.20. The second-order valence-electron chi connectivity index (χ2n) is 2.99. The molecule has 2 rings (SSSR count). The second kappa shape index (κ2) is 3.59. The average molecular weight is 190 g/mol. The number of nitrogens with zero attached hydrogens (tertiary/aromatic N) is 2. The van der Waals surface area contributed by atoms with Crippen molar-refractivity contribution in [2.24, 2.45) is 0 Å². The van der Waals surface area contributed by atoms with Crippen molar-refractivity contribution in [3.8, 4) is 0 Å². The van der Waals surface area contributed by atoms with Crippen LogP contribution in [-0.2, 0) is 0 Å². The van der Waals surface area contributed by atoms with Gasteiger partial charge in [-0.1, -0.05) is 35.5 Å². The summed E-state index contributed by atoms with van der Waals surface area (Å²) >= 11 is 0. The third-order valence-corrected chi connectivity index (χ3v) is 1.89. The molecule has 72 valence electrons. The Labute approximate surface area is 81.2 Å². The summed E-state index contributed by atoms with van der Waals surface area (Å²) in [4.78, 5) is 3.96. The lowest BCUT2D eigenvalue weighted by atomic mass is 10.1. The average Bonchev–Trinajstić information content (AvgIpc) is 2.65. The first kappa shape index (κ1) is 8.90. The fraction of sp³-hybridized carbons (Fsp3) is 0.200. The summed E-state index contributed by atoms with van der Waals surface area (Å²) in [5.74, 6) is 0.753. The molecule has 0 amide bonds. The third kappa shape index (κ3) is 1.65. The summed E-state index contributed by atoms with van der Waals surface area (Å²) < 4.78 is 4.87. The number of rotatable bonds is 2. The molecule has 0 saturated carbocycles. The van der Waals surface area contributed by atoms with E-state index in [-0.39, 0.29) is 5.89 Å². The van der Waals surface area contributed by atoms with E-state index in [4.69, 9.17) is 4.52 Å². The van der Waals surface area contributed by atoms with E-state index in [9.17, 15) is 5.11 Å². The van der Waals surface area contributed by atoms with E-state index in [1.165, 1.54) is 0 Å². The molecule has 0 unspecified atom stereocenters. The van der Waals surface area contributed by atoms with Crippen molar-refractivity contribution in [3.05, 3.63) is 47.6 Å². The maximum atomic E-state index is 9.81. The fourth-order valence-corrected chi connectivity index (χ4v) is 1.20. The largest absolute Gasteiger partial charge is 0.378 e. The maximum absolute atomic E-state index is 9.81. The van der Waals surface area contributed by atoms with Crippen LogP contribution in [0.1, 0.15) is 23.4 Å². The zero-order valence-electron chi connectivity index (χ0n) is 7.71. The summed E-state index contributed by atoms with van der Waals surface area (Å²) in [6.45, 7) is 1.71. The summed E-state index contributed by atoms with van der Waals surface area (Å²) in [5.41, 5.74) is 0.746. The summed E-state index contributed by atoms with van der Waals surface area (Å²) in [6.07, 6.45) is -0.836. The van der Waals surface area contributed by atoms with Crippen molar-refractivity contribution in [1.29, 1.82) is 0 Å². The van der Waals surface area contributed by atoms with Gasteiger partial charge in [-0.3, -0.25) is 0 Å². The highest BCUT2D eigenvalue weighted by Crippen LogP contribution is 2.19. The van der Waals surface area contributed by atoms with Gasteiger partial charge < -0.3 is 9.63 Å². The minimum atomic E-state index is -0.836. The van der Waals surface area contributed by atoms with Crippen LogP contribution in [-0.4, -0.2) is 15.2 Å². The molecule has 1 aromatic carbocycles. The van der Waals surface area contributed by atoms with Crippen molar-refractivity contribution < 1.29 is 9.63 Å². The van der Waals surface area contributed by atoms with Gasteiger partial charge >= 0.3 is 0 Å². The Kier molecular flexibility index (Phi) is 2.28. The molecule has 14 heavy (non-hydrogen) atoms. The van der Waals surface area contributed by atoms with E-state index in [0.29, 0.717) is 5.82 Å². The molecule has 0 aliphatic carbocycles. The molecule has 4 nitrogen and oxygen atoms in total. The van der Waals surface area contributed by atoms with Gasteiger partial charge in [-0.05, 0) is 12.5 Å². The van der Waals surface area contributed by atoms with E-state index in [2.05, 4.69) is 10.1 Å². The number of aliphatic hydroxyl groups excluding tert-OH is 1. The number of aliphatic hydroxyl groups is 1. The highest BCUT2D eigenvalue weighted by Gasteiger charge is 2.16. The van der Waals surface area contributed by atoms with E-state index < -0.39 is 6.10 Å². The van der Waals surface area contributed by atoms with Crippen LogP contribution >= 0.6 is 0 Å². The van der Waals surface area contributed by atoms with Crippen LogP contribution in [0.15, 0.2) is 34.9 Å². The van der Waals surface area contributed by atoms with Gasteiger partial charge in [0.15, 0.2) is 11.9 Å². The van der Waals surface area contributed by atoms with Gasteiger partial charge in [-0.2, -0.15) is 4.98 Å². The second-order valence-corrected chi connectivity index (χ2v) is 2.99. The third-order valence-electron chi connectivity index (χ3n) is 1.89. The predicted octanol–water partition coefficient (Wildman–Crippen LogP) is 1.46. The lowest BCUT2D eigenvalue weighted by Gasteiger charge is -2.04. The Morgan fingerprint density at radius 1 is 1.29 bits per heavy atom. The van der Waals surface area contributed by atoms with E-state index >= 15 is 0 Å². The molecule has 1 heterocycles. The molecule has 0 aliphatic rings. The quantitative estimate of drug-likeness (QED) is 0.778. The monoisotopic (exact) mass is 190 g/mol. The van der Waals surface area contributed by atoms with E-state index in [1.54, 1.807) is 6.92 Å². The molecule has 1 atom stereocenters. The number of hydrogen-bond acceptors (Lipinski definition) is 4. The Hall–Kier alpha value is -1.68. The van der Waals surface area contributed by atoms with Crippen molar-refractivity contribution in [2.75, 3.05) is 0 Å². The van der Waals surface area contributed by atoms with E-state index in [1.807, 2.05) is 30.3 Å². The summed E-state index contributed by atoms with van der Waals surface area (Å²) in [7, 11) is 0. The molecule has 0 aliphatic heterocycles. The Morgan fingerprint density at radius 3 is 2.57 bits per heavy atom. The lowest BCUT2D eigenvalue weighted by molar-refractivity contribution is 0.170. The first-order chi connectivity index (χ1) is 6.77. The van der Waals surface area contributed by atoms with Crippen LogP contribution in [0.4, 0.5) is 0 Å². The summed E-state index contributed by atoms with van der Waals surface area (Å²) in [5, 5.41) is 13.4. The molecular formula is C10H10N2O2. The molecular weight excluding hydrogens is 180 g/mol. The Morgan fingerprint density at radius 2 is 2.00 bits per heavy atom. The van der Waals surface area contributed by atoms with Gasteiger partial charge in [-0.25, -0.2) is 0 Å². The molecule has 4 heteroatoms. The van der Waals surface area contributed by atoms with Crippen LogP contribution < -0.4 is 0 Å². The van der Waals surface area contributed by atoms with Crippen LogP contribution in [0.5, 0.6) is 0 Å². The molecule has 0 saturated heterocycles. The van der Waals surface area contributed by atoms with Crippen molar-refractivity contribution in [3.63, 3.8) is 0 Å². The van der Waals surface area contributed by atoms with E-state index in [0.717, 1.165) is 5.56 Å². The van der Waals surface area contributed by atoms with Gasteiger partial charge in [0.25, 0.3) is 5.89 Å². The number of benzene rings is 1. The number of aromatic nitrogens is 2.